The van der Waals surface area contributed by atoms with Crippen LogP contribution in [0.15, 0.2) is 60.1 Å². The number of thiazole rings is 1. The van der Waals surface area contributed by atoms with Crippen molar-refractivity contribution < 1.29 is 14.3 Å². The maximum atomic E-state index is 12.2. The fraction of sp³-hybridized carbons (Fsp3) is 0.150. The maximum Gasteiger partial charge on any atom is 0.257 e. The lowest BCUT2D eigenvalue weighted by Crippen LogP contribution is -2.14. The van der Waals surface area contributed by atoms with Crippen LogP contribution in [0, 0.1) is 0 Å². The van der Waals surface area contributed by atoms with Crippen molar-refractivity contribution in [2.24, 2.45) is 0 Å². The molecule has 0 spiro atoms. The predicted molar refractivity (Wildman–Crippen MR) is 106 cm³/mol. The van der Waals surface area contributed by atoms with E-state index in [9.17, 15) is 9.59 Å². The number of nitrogens with one attached hydrogen (secondary N) is 2. The summed E-state index contributed by atoms with van der Waals surface area (Å²) in [7, 11) is 1.62. The molecule has 0 fully saturated rings. The summed E-state index contributed by atoms with van der Waals surface area (Å²) < 4.78 is 5.12. The first-order valence-electron chi connectivity index (χ1n) is 8.38. The molecule has 0 aliphatic carbocycles. The number of aromatic nitrogens is 1. The molecule has 0 saturated carbocycles. The van der Waals surface area contributed by atoms with Crippen LogP contribution in [0.3, 0.4) is 0 Å². The summed E-state index contributed by atoms with van der Waals surface area (Å²) >= 11 is 1.35. The Hall–Kier alpha value is -3.19. The Morgan fingerprint density at radius 1 is 1.11 bits per heavy atom. The van der Waals surface area contributed by atoms with Gasteiger partial charge in [0.05, 0.1) is 7.11 Å². The summed E-state index contributed by atoms with van der Waals surface area (Å²) in [5.74, 6) is 0.415. The first-order chi connectivity index (χ1) is 13.1. The van der Waals surface area contributed by atoms with Gasteiger partial charge in [-0.2, -0.15) is 0 Å². The number of carbonyl (C=O) groups is 2. The monoisotopic (exact) mass is 381 g/mol. The first kappa shape index (κ1) is 18.6. The van der Waals surface area contributed by atoms with Crippen molar-refractivity contribution in [3.8, 4) is 5.75 Å². The zero-order valence-corrected chi connectivity index (χ0v) is 15.6. The molecule has 3 rings (SSSR count). The van der Waals surface area contributed by atoms with Crippen molar-refractivity contribution in [3.05, 3.63) is 71.2 Å². The van der Waals surface area contributed by atoms with Gasteiger partial charge in [-0.25, -0.2) is 4.98 Å². The van der Waals surface area contributed by atoms with Crippen LogP contribution in [-0.4, -0.2) is 23.9 Å². The second-order valence-corrected chi connectivity index (χ2v) is 6.66. The van der Waals surface area contributed by atoms with Gasteiger partial charge in [0, 0.05) is 29.2 Å². The van der Waals surface area contributed by atoms with Gasteiger partial charge in [-0.1, -0.05) is 18.2 Å². The summed E-state index contributed by atoms with van der Waals surface area (Å²) in [5, 5.41) is 7.88. The van der Waals surface area contributed by atoms with E-state index >= 15 is 0 Å². The number of nitrogens with zero attached hydrogens (tertiary/aromatic N) is 1. The molecular formula is C20H19N3O3S. The molecule has 1 heterocycles. The van der Waals surface area contributed by atoms with Gasteiger partial charge in [-0.3, -0.25) is 14.9 Å². The molecule has 0 aliphatic rings. The van der Waals surface area contributed by atoms with E-state index in [-0.39, 0.29) is 11.8 Å². The molecule has 138 valence electrons. The summed E-state index contributed by atoms with van der Waals surface area (Å²) in [6, 6.07) is 14.5. The minimum Gasteiger partial charge on any atom is -0.497 e. The number of benzene rings is 2. The van der Waals surface area contributed by atoms with Crippen molar-refractivity contribution in [2.45, 2.75) is 12.8 Å². The zero-order chi connectivity index (χ0) is 19.1. The van der Waals surface area contributed by atoms with E-state index in [1.54, 1.807) is 43.0 Å². The number of methoxy groups -OCH3 is 1. The fourth-order valence-corrected chi connectivity index (χ4v) is 2.99. The van der Waals surface area contributed by atoms with Crippen molar-refractivity contribution >= 4 is 34.0 Å². The Morgan fingerprint density at radius 2 is 1.93 bits per heavy atom. The van der Waals surface area contributed by atoms with E-state index in [1.807, 2.05) is 24.3 Å². The number of amides is 2. The number of aryl methyl sites for hydroxylation is 1. The molecule has 0 saturated heterocycles. The number of anilines is 2. The van der Waals surface area contributed by atoms with Crippen LogP contribution in [0.5, 0.6) is 5.75 Å². The lowest BCUT2D eigenvalue weighted by Gasteiger charge is -2.08. The van der Waals surface area contributed by atoms with E-state index in [2.05, 4.69) is 15.6 Å². The Kier molecular flexibility index (Phi) is 6.17. The normalized spacial score (nSPS) is 10.3. The molecule has 0 atom stereocenters. The summed E-state index contributed by atoms with van der Waals surface area (Å²) in [6.07, 6.45) is 2.60. The molecule has 7 heteroatoms. The topological polar surface area (TPSA) is 80.3 Å². The molecule has 0 aliphatic heterocycles. The van der Waals surface area contributed by atoms with Gasteiger partial charge < -0.3 is 10.1 Å². The third kappa shape index (κ3) is 5.39. The number of hydrogen-bond acceptors (Lipinski definition) is 5. The van der Waals surface area contributed by atoms with Gasteiger partial charge in [0.1, 0.15) is 5.75 Å². The highest BCUT2D eigenvalue weighted by Crippen LogP contribution is 2.16. The molecule has 1 aromatic heterocycles. The van der Waals surface area contributed by atoms with Gasteiger partial charge >= 0.3 is 0 Å². The average Bonchev–Trinajstić information content (AvgIpc) is 3.20. The largest absolute Gasteiger partial charge is 0.497 e. The maximum absolute atomic E-state index is 12.2. The number of carbonyl (C=O) groups excluding carboxylic acids is 2. The van der Waals surface area contributed by atoms with Crippen LogP contribution in [0.1, 0.15) is 22.3 Å². The highest BCUT2D eigenvalue weighted by atomic mass is 32.1. The lowest BCUT2D eigenvalue weighted by molar-refractivity contribution is -0.116. The molecule has 3 aromatic rings. The van der Waals surface area contributed by atoms with Crippen LogP contribution in [0.4, 0.5) is 10.8 Å². The van der Waals surface area contributed by atoms with Crippen molar-refractivity contribution in [3.63, 3.8) is 0 Å². The molecule has 27 heavy (non-hydrogen) atoms. The van der Waals surface area contributed by atoms with E-state index < -0.39 is 0 Å². The minimum atomic E-state index is -0.265. The van der Waals surface area contributed by atoms with Crippen LogP contribution >= 0.6 is 11.3 Å². The second-order valence-electron chi connectivity index (χ2n) is 5.77. The number of hydrogen-bond donors (Lipinski definition) is 2. The second kappa shape index (κ2) is 8.95. The third-order valence-electron chi connectivity index (χ3n) is 3.86. The van der Waals surface area contributed by atoms with Crippen molar-refractivity contribution in [1.82, 2.24) is 4.98 Å². The van der Waals surface area contributed by atoms with E-state index in [1.165, 1.54) is 11.3 Å². The van der Waals surface area contributed by atoms with E-state index in [0.717, 1.165) is 11.3 Å². The highest BCUT2D eigenvalue weighted by Gasteiger charge is 2.09. The van der Waals surface area contributed by atoms with Crippen LogP contribution in [-0.2, 0) is 11.2 Å². The smallest absolute Gasteiger partial charge is 0.257 e. The standard InChI is InChI=1S/C20H19N3O3S/c1-26-17-8-5-14(6-9-17)7-10-18(24)22-16-4-2-3-15(13-16)19(25)23-20-21-11-12-27-20/h2-6,8-9,11-13H,7,10H2,1H3,(H,22,24)(H,21,23,25). The molecular weight excluding hydrogens is 362 g/mol. The molecule has 2 N–H and O–H groups in total. The molecule has 0 radical (unpaired) electrons. The summed E-state index contributed by atoms with van der Waals surface area (Å²) in [5.41, 5.74) is 2.10. The van der Waals surface area contributed by atoms with Gasteiger partial charge in [-0.15, -0.1) is 11.3 Å². The van der Waals surface area contributed by atoms with Gasteiger partial charge in [0.15, 0.2) is 5.13 Å². The van der Waals surface area contributed by atoms with Gasteiger partial charge in [-0.05, 0) is 42.3 Å². The molecule has 6 nitrogen and oxygen atoms in total. The Morgan fingerprint density at radius 3 is 2.63 bits per heavy atom. The SMILES string of the molecule is COc1ccc(CCC(=O)Nc2cccc(C(=O)Nc3nccs3)c2)cc1. The molecule has 0 bridgehead atoms. The quantitative estimate of drug-likeness (QED) is 0.649. The molecule has 0 unspecified atom stereocenters. The summed E-state index contributed by atoms with van der Waals surface area (Å²) in [6.45, 7) is 0. The highest BCUT2D eigenvalue weighted by molar-refractivity contribution is 7.13. The van der Waals surface area contributed by atoms with Gasteiger partial charge in [0.2, 0.25) is 5.91 Å². The predicted octanol–water partition coefficient (Wildman–Crippen LogP) is 3.98. The van der Waals surface area contributed by atoms with Crippen molar-refractivity contribution in [2.75, 3.05) is 17.7 Å². The van der Waals surface area contributed by atoms with Gasteiger partial charge in [0.25, 0.3) is 5.91 Å². The first-order valence-corrected chi connectivity index (χ1v) is 9.26. The Bertz CT molecular complexity index is 908. The average molecular weight is 381 g/mol. The number of ether oxygens (including phenoxy) is 1. The fourth-order valence-electron chi connectivity index (χ4n) is 2.47. The van der Waals surface area contributed by atoms with Crippen LogP contribution in [0.25, 0.3) is 0 Å². The van der Waals surface area contributed by atoms with E-state index in [0.29, 0.717) is 29.2 Å². The summed E-state index contributed by atoms with van der Waals surface area (Å²) in [4.78, 5) is 28.5. The van der Waals surface area contributed by atoms with Crippen LogP contribution < -0.4 is 15.4 Å². The lowest BCUT2D eigenvalue weighted by atomic mass is 10.1. The molecule has 2 aromatic carbocycles. The van der Waals surface area contributed by atoms with E-state index in [4.69, 9.17) is 4.74 Å². The van der Waals surface area contributed by atoms with Crippen LogP contribution in [0.2, 0.25) is 0 Å². The Balaban J connectivity index is 1.55. The number of rotatable bonds is 7. The third-order valence-corrected chi connectivity index (χ3v) is 4.55. The minimum absolute atomic E-state index is 0.108. The van der Waals surface area contributed by atoms with Crippen molar-refractivity contribution in [1.29, 1.82) is 0 Å². The Labute approximate surface area is 161 Å². The molecule has 2 amide bonds. The zero-order valence-electron chi connectivity index (χ0n) is 14.8.